The summed E-state index contributed by atoms with van der Waals surface area (Å²) in [6.07, 6.45) is 7.23. The minimum Gasteiger partial charge on any atom is -0.379 e. The van der Waals surface area contributed by atoms with E-state index in [1.165, 1.54) is 0 Å². The maximum atomic E-state index is 12.1. The van der Waals surface area contributed by atoms with Crippen molar-refractivity contribution in [3.05, 3.63) is 42.5 Å². The number of hydrogen-bond acceptors (Lipinski definition) is 4. The van der Waals surface area contributed by atoms with E-state index in [0.29, 0.717) is 0 Å². The lowest BCUT2D eigenvalue weighted by molar-refractivity contribution is -0.111. The SMILES string of the molecule is CC#CC(=O)Nc1c(CCCN2CCOCC2)cccc1-n1ccnc1. The molecule has 0 unspecified atom stereocenters. The number of anilines is 1. The minimum absolute atomic E-state index is 0.297. The summed E-state index contributed by atoms with van der Waals surface area (Å²) in [5, 5.41) is 2.96. The number of aromatic nitrogens is 2. The fraction of sp³-hybridized carbons (Fsp3) is 0.400. The standard InChI is InChI=1S/C20H24N4O2/c1-2-5-19(25)22-20-17(7-4-10-23-12-14-26-15-13-23)6-3-8-18(20)24-11-9-21-16-24/h3,6,8-9,11,16H,4,7,10,12-15H2,1H3,(H,22,25). The number of aryl methyl sites for hydroxylation is 1. The van der Waals surface area contributed by atoms with Crippen LogP contribution >= 0.6 is 0 Å². The second-order valence-electron chi connectivity index (χ2n) is 6.17. The molecule has 1 saturated heterocycles. The van der Waals surface area contributed by atoms with Crippen molar-refractivity contribution in [1.82, 2.24) is 14.5 Å². The third kappa shape index (κ3) is 4.72. The lowest BCUT2D eigenvalue weighted by atomic mass is 10.0. The molecule has 0 bridgehead atoms. The number of hydrogen-bond donors (Lipinski definition) is 1. The first kappa shape index (κ1) is 18.2. The molecule has 3 rings (SSSR count). The number of nitrogens with one attached hydrogen (secondary N) is 1. The predicted octanol–water partition coefficient (Wildman–Crippen LogP) is 2.10. The Kier molecular flexibility index (Phi) is 6.42. The van der Waals surface area contributed by atoms with Crippen LogP contribution in [0.15, 0.2) is 36.9 Å². The monoisotopic (exact) mass is 352 g/mol. The summed E-state index contributed by atoms with van der Waals surface area (Å²) in [6.45, 7) is 6.29. The van der Waals surface area contributed by atoms with Crippen molar-refractivity contribution >= 4 is 11.6 Å². The number of carbonyl (C=O) groups is 1. The van der Waals surface area contributed by atoms with E-state index in [1.54, 1.807) is 19.4 Å². The lowest BCUT2D eigenvalue weighted by Gasteiger charge is -2.26. The summed E-state index contributed by atoms with van der Waals surface area (Å²) in [7, 11) is 0. The summed E-state index contributed by atoms with van der Waals surface area (Å²) >= 11 is 0. The van der Waals surface area contributed by atoms with E-state index in [1.807, 2.05) is 22.9 Å². The number of morpholine rings is 1. The van der Waals surface area contributed by atoms with Gasteiger partial charge in [0.2, 0.25) is 0 Å². The van der Waals surface area contributed by atoms with Gasteiger partial charge in [0.25, 0.3) is 5.91 Å². The van der Waals surface area contributed by atoms with Crippen LogP contribution in [0.2, 0.25) is 0 Å². The van der Waals surface area contributed by atoms with Gasteiger partial charge in [0.15, 0.2) is 0 Å². The molecule has 1 fully saturated rings. The average molecular weight is 352 g/mol. The first-order valence-corrected chi connectivity index (χ1v) is 8.92. The van der Waals surface area contributed by atoms with Crippen LogP contribution in [0.25, 0.3) is 5.69 Å². The van der Waals surface area contributed by atoms with E-state index in [-0.39, 0.29) is 5.91 Å². The number of carbonyl (C=O) groups excluding carboxylic acids is 1. The Hall–Kier alpha value is -2.62. The first-order valence-electron chi connectivity index (χ1n) is 8.92. The summed E-state index contributed by atoms with van der Waals surface area (Å²) in [5.41, 5.74) is 2.81. The Morgan fingerprint density at radius 1 is 1.35 bits per heavy atom. The summed E-state index contributed by atoms with van der Waals surface area (Å²) < 4.78 is 7.30. The van der Waals surface area contributed by atoms with Crippen molar-refractivity contribution in [2.45, 2.75) is 19.8 Å². The van der Waals surface area contributed by atoms with E-state index in [0.717, 1.165) is 62.6 Å². The molecule has 2 aromatic rings. The molecule has 6 nitrogen and oxygen atoms in total. The molecular formula is C20H24N4O2. The maximum absolute atomic E-state index is 12.1. The average Bonchev–Trinajstić information content (AvgIpc) is 3.18. The molecule has 1 aliphatic heterocycles. The molecule has 1 aromatic carbocycles. The normalized spacial score (nSPS) is 14.5. The second kappa shape index (κ2) is 9.18. The van der Waals surface area contributed by atoms with Gasteiger partial charge in [-0.15, -0.1) is 0 Å². The first-order chi connectivity index (χ1) is 12.8. The highest BCUT2D eigenvalue weighted by Gasteiger charge is 2.14. The zero-order chi connectivity index (χ0) is 18.2. The van der Waals surface area contributed by atoms with Gasteiger partial charge in [0, 0.05) is 25.5 Å². The van der Waals surface area contributed by atoms with Gasteiger partial charge < -0.3 is 14.6 Å². The Bertz CT molecular complexity index is 784. The van der Waals surface area contributed by atoms with Gasteiger partial charge in [-0.25, -0.2) is 4.98 Å². The number of benzene rings is 1. The molecule has 0 spiro atoms. The van der Waals surface area contributed by atoms with E-state index < -0.39 is 0 Å². The molecule has 1 aliphatic rings. The maximum Gasteiger partial charge on any atom is 0.300 e. The van der Waals surface area contributed by atoms with E-state index in [4.69, 9.17) is 4.74 Å². The van der Waals surface area contributed by atoms with Crippen molar-refractivity contribution in [1.29, 1.82) is 0 Å². The Morgan fingerprint density at radius 2 is 2.19 bits per heavy atom. The molecule has 0 aliphatic carbocycles. The van der Waals surface area contributed by atoms with Crippen LogP contribution in [-0.2, 0) is 16.0 Å². The molecule has 2 heterocycles. The van der Waals surface area contributed by atoms with Crippen LogP contribution in [0, 0.1) is 11.8 Å². The molecular weight excluding hydrogens is 328 g/mol. The summed E-state index contributed by atoms with van der Waals surface area (Å²) in [5.74, 6) is 4.91. The third-order valence-electron chi connectivity index (χ3n) is 4.41. The minimum atomic E-state index is -0.297. The number of amides is 1. The quantitative estimate of drug-likeness (QED) is 0.809. The topological polar surface area (TPSA) is 59.4 Å². The van der Waals surface area contributed by atoms with Crippen LogP contribution in [0.5, 0.6) is 0 Å². The highest BCUT2D eigenvalue weighted by atomic mass is 16.5. The smallest absolute Gasteiger partial charge is 0.300 e. The fourth-order valence-electron chi connectivity index (χ4n) is 3.13. The Morgan fingerprint density at radius 3 is 2.92 bits per heavy atom. The number of para-hydroxylation sites is 1. The van der Waals surface area contributed by atoms with Crippen molar-refractivity contribution in [3.63, 3.8) is 0 Å². The number of rotatable bonds is 6. The van der Waals surface area contributed by atoms with E-state index in [9.17, 15) is 4.79 Å². The van der Waals surface area contributed by atoms with Gasteiger partial charge in [0.05, 0.1) is 30.9 Å². The van der Waals surface area contributed by atoms with Crippen molar-refractivity contribution in [3.8, 4) is 17.5 Å². The van der Waals surface area contributed by atoms with Crippen LogP contribution in [-0.4, -0.2) is 53.2 Å². The van der Waals surface area contributed by atoms with Gasteiger partial charge in [-0.3, -0.25) is 9.69 Å². The molecule has 136 valence electrons. The molecule has 1 N–H and O–H groups in total. The van der Waals surface area contributed by atoms with E-state index in [2.05, 4.69) is 33.1 Å². The van der Waals surface area contributed by atoms with Gasteiger partial charge in [0.1, 0.15) is 0 Å². The van der Waals surface area contributed by atoms with Gasteiger partial charge in [-0.2, -0.15) is 0 Å². The zero-order valence-corrected chi connectivity index (χ0v) is 15.1. The van der Waals surface area contributed by atoms with Crippen LogP contribution in [0.1, 0.15) is 18.9 Å². The second-order valence-corrected chi connectivity index (χ2v) is 6.17. The summed E-state index contributed by atoms with van der Waals surface area (Å²) in [4.78, 5) is 18.6. The number of ether oxygens (including phenoxy) is 1. The number of imidazole rings is 1. The van der Waals surface area contributed by atoms with Crippen LogP contribution in [0.4, 0.5) is 5.69 Å². The zero-order valence-electron chi connectivity index (χ0n) is 15.1. The van der Waals surface area contributed by atoms with E-state index >= 15 is 0 Å². The lowest BCUT2D eigenvalue weighted by Crippen LogP contribution is -2.36. The highest BCUT2D eigenvalue weighted by molar-refractivity contribution is 6.05. The predicted molar refractivity (Wildman–Crippen MR) is 101 cm³/mol. The Balaban J connectivity index is 1.77. The Labute approximate surface area is 154 Å². The van der Waals surface area contributed by atoms with Crippen molar-refractivity contribution in [2.75, 3.05) is 38.2 Å². The molecule has 0 radical (unpaired) electrons. The van der Waals surface area contributed by atoms with Crippen molar-refractivity contribution in [2.24, 2.45) is 0 Å². The molecule has 0 atom stereocenters. The van der Waals surface area contributed by atoms with Crippen LogP contribution < -0.4 is 5.32 Å². The highest BCUT2D eigenvalue weighted by Crippen LogP contribution is 2.26. The van der Waals surface area contributed by atoms with Crippen molar-refractivity contribution < 1.29 is 9.53 Å². The van der Waals surface area contributed by atoms with Crippen LogP contribution in [0.3, 0.4) is 0 Å². The van der Waals surface area contributed by atoms with Gasteiger partial charge in [-0.1, -0.05) is 18.1 Å². The third-order valence-corrected chi connectivity index (χ3v) is 4.41. The molecule has 6 heteroatoms. The molecule has 0 saturated carbocycles. The fourth-order valence-corrected chi connectivity index (χ4v) is 3.13. The molecule has 26 heavy (non-hydrogen) atoms. The molecule has 1 aromatic heterocycles. The largest absolute Gasteiger partial charge is 0.379 e. The summed E-state index contributed by atoms with van der Waals surface area (Å²) in [6, 6.07) is 6.05. The number of nitrogens with zero attached hydrogens (tertiary/aromatic N) is 3. The molecule has 1 amide bonds. The van der Waals surface area contributed by atoms with Gasteiger partial charge in [-0.05, 0) is 43.9 Å². The van der Waals surface area contributed by atoms with Gasteiger partial charge >= 0.3 is 0 Å².